The van der Waals surface area contributed by atoms with E-state index in [0.717, 1.165) is 22.4 Å². The maximum atomic E-state index is 13.0. The van der Waals surface area contributed by atoms with Crippen LogP contribution in [0.4, 0.5) is 11.4 Å². The zero-order valence-electron chi connectivity index (χ0n) is 17.9. The summed E-state index contributed by atoms with van der Waals surface area (Å²) >= 11 is 6.19. The zero-order chi connectivity index (χ0) is 22.8. The average Bonchev–Trinajstić information content (AvgIpc) is 2.71. The van der Waals surface area contributed by atoms with Crippen molar-refractivity contribution in [3.63, 3.8) is 0 Å². The Labute approximate surface area is 188 Å². The number of para-hydroxylation sites is 2. The maximum Gasteiger partial charge on any atom is 0.263 e. The van der Waals surface area contributed by atoms with Crippen LogP contribution in [0.5, 0.6) is 0 Å². The molecule has 0 aliphatic carbocycles. The Bertz CT molecular complexity index is 1240. The minimum atomic E-state index is -3.99. The van der Waals surface area contributed by atoms with Gasteiger partial charge in [-0.2, -0.15) is 0 Å². The van der Waals surface area contributed by atoms with E-state index in [-0.39, 0.29) is 21.4 Å². The van der Waals surface area contributed by atoms with Gasteiger partial charge < -0.3 is 5.32 Å². The molecule has 0 saturated carbocycles. The van der Waals surface area contributed by atoms with Crippen LogP contribution in [-0.2, 0) is 10.0 Å². The fourth-order valence-electron chi connectivity index (χ4n) is 3.27. The van der Waals surface area contributed by atoms with Crippen LogP contribution >= 0.6 is 11.6 Å². The summed E-state index contributed by atoms with van der Waals surface area (Å²) in [7, 11) is -3.99. The molecular formula is C24H25ClN2O3S. The number of hydrogen-bond donors (Lipinski definition) is 2. The highest BCUT2D eigenvalue weighted by atomic mass is 35.5. The smallest absolute Gasteiger partial charge is 0.263 e. The van der Waals surface area contributed by atoms with Crippen molar-refractivity contribution >= 4 is 38.9 Å². The van der Waals surface area contributed by atoms with E-state index < -0.39 is 15.9 Å². The predicted molar refractivity (Wildman–Crippen MR) is 127 cm³/mol. The second-order valence-electron chi connectivity index (χ2n) is 7.71. The largest absolute Gasteiger partial charge is 0.321 e. The number of carbonyl (C=O) groups is 1. The van der Waals surface area contributed by atoms with Crippen molar-refractivity contribution in [1.82, 2.24) is 0 Å². The third kappa shape index (κ3) is 5.09. The molecule has 0 fully saturated rings. The molecule has 0 saturated heterocycles. The van der Waals surface area contributed by atoms with Gasteiger partial charge in [-0.1, -0.05) is 61.8 Å². The lowest BCUT2D eigenvalue weighted by Gasteiger charge is -2.17. The molecule has 2 N–H and O–H groups in total. The second-order valence-corrected chi connectivity index (χ2v) is 9.77. The third-order valence-corrected chi connectivity index (χ3v) is 6.88. The Hall–Kier alpha value is -2.83. The van der Waals surface area contributed by atoms with E-state index in [1.165, 1.54) is 18.2 Å². The van der Waals surface area contributed by atoms with E-state index >= 15 is 0 Å². The molecule has 0 spiro atoms. The molecule has 3 aromatic rings. The summed E-state index contributed by atoms with van der Waals surface area (Å²) in [6.45, 7) is 7.83. The second kappa shape index (κ2) is 9.12. The van der Waals surface area contributed by atoms with Crippen molar-refractivity contribution in [2.24, 2.45) is 0 Å². The lowest BCUT2D eigenvalue weighted by molar-refractivity contribution is 0.102. The van der Waals surface area contributed by atoms with Gasteiger partial charge in [0.15, 0.2) is 0 Å². The maximum absolute atomic E-state index is 13.0. The van der Waals surface area contributed by atoms with Gasteiger partial charge in [0.05, 0.1) is 10.7 Å². The number of sulfonamides is 1. The monoisotopic (exact) mass is 456 g/mol. The first kappa shape index (κ1) is 22.8. The molecule has 3 rings (SSSR count). The van der Waals surface area contributed by atoms with Crippen LogP contribution in [0, 0.1) is 13.8 Å². The average molecular weight is 457 g/mol. The number of carbonyl (C=O) groups excluding carboxylic acids is 1. The first-order valence-corrected chi connectivity index (χ1v) is 11.7. The Morgan fingerprint density at radius 1 is 0.935 bits per heavy atom. The highest BCUT2D eigenvalue weighted by Gasteiger charge is 2.22. The summed E-state index contributed by atoms with van der Waals surface area (Å²) in [5, 5.41) is 2.97. The van der Waals surface area contributed by atoms with Crippen molar-refractivity contribution < 1.29 is 13.2 Å². The van der Waals surface area contributed by atoms with Gasteiger partial charge in [-0.3, -0.25) is 9.52 Å². The highest BCUT2D eigenvalue weighted by molar-refractivity contribution is 7.92. The molecule has 0 radical (unpaired) electrons. The Kier molecular flexibility index (Phi) is 6.72. The van der Waals surface area contributed by atoms with Crippen LogP contribution in [0.25, 0.3) is 0 Å². The lowest BCUT2D eigenvalue weighted by Crippen LogP contribution is -2.18. The van der Waals surface area contributed by atoms with Crippen molar-refractivity contribution in [2.45, 2.75) is 38.5 Å². The van der Waals surface area contributed by atoms with Crippen molar-refractivity contribution in [1.29, 1.82) is 0 Å². The summed E-state index contributed by atoms with van der Waals surface area (Å²) in [6, 6.07) is 17.1. The summed E-state index contributed by atoms with van der Waals surface area (Å²) < 4.78 is 28.5. The van der Waals surface area contributed by atoms with E-state index in [0.29, 0.717) is 5.69 Å². The first-order valence-electron chi connectivity index (χ1n) is 9.89. The zero-order valence-corrected chi connectivity index (χ0v) is 19.4. The number of benzene rings is 3. The van der Waals surface area contributed by atoms with Crippen LogP contribution < -0.4 is 10.0 Å². The van der Waals surface area contributed by atoms with E-state index in [4.69, 9.17) is 11.6 Å². The van der Waals surface area contributed by atoms with E-state index in [1.54, 1.807) is 25.1 Å². The van der Waals surface area contributed by atoms with E-state index in [2.05, 4.69) is 23.9 Å². The molecule has 162 valence electrons. The first-order chi connectivity index (χ1) is 14.6. The summed E-state index contributed by atoms with van der Waals surface area (Å²) in [5.41, 5.74) is 4.11. The van der Waals surface area contributed by atoms with Crippen molar-refractivity contribution in [2.75, 3.05) is 10.0 Å². The van der Waals surface area contributed by atoms with Gasteiger partial charge in [0.25, 0.3) is 15.9 Å². The van der Waals surface area contributed by atoms with Gasteiger partial charge in [-0.05, 0) is 60.7 Å². The topological polar surface area (TPSA) is 75.3 Å². The third-order valence-electron chi connectivity index (χ3n) is 5.04. The van der Waals surface area contributed by atoms with Gasteiger partial charge in [-0.15, -0.1) is 0 Å². The Morgan fingerprint density at radius 3 is 2.29 bits per heavy atom. The van der Waals surface area contributed by atoms with Gasteiger partial charge >= 0.3 is 0 Å². The predicted octanol–water partition coefficient (Wildman–Crippen LogP) is 6.13. The number of aryl methyl sites for hydroxylation is 2. The molecule has 3 aromatic carbocycles. The van der Waals surface area contributed by atoms with Crippen molar-refractivity contribution in [3.05, 3.63) is 87.9 Å². The number of nitrogens with one attached hydrogen (secondary N) is 2. The fourth-order valence-corrected chi connectivity index (χ4v) is 4.92. The van der Waals surface area contributed by atoms with Crippen LogP contribution in [-0.4, -0.2) is 14.3 Å². The summed E-state index contributed by atoms with van der Waals surface area (Å²) in [5.74, 6) is -0.185. The molecule has 0 bridgehead atoms. The number of amides is 1. The Morgan fingerprint density at radius 2 is 1.61 bits per heavy atom. The van der Waals surface area contributed by atoms with Crippen LogP contribution in [0.15, 0.2) is 65.6 Å². The normalized spacial score (nSPS) is 11.4. The minimum absolute atomic E-state index is 0.0383. The molecule has 0 atom stereocenters. The molecule has 0 heterocycles. The molecule has 0 aliphatic heterocycles. The van der Waals surface area contributed by atoms with E-state index in [1.807, 2.05) is 31.2 Å². The Balaban J connectivity index is 1.95. The molecule has 5 nitrogen and oxygen atoms in total. The van der Waals surface area contributed by atoms with Crippen LogP contribution in [0.2, 0.25) is 5.02 Å². The summed E-state index contributed by atoms with van der Waals surface area (Å²) in [4.78, 5) is 12.8. The fraction of sp³-hybridized carbons (Fsp3) is 0.208. The van der Waals surface area contributed by atoms with Crippen molar-refractivity contribution in [3.8, 4) is 0 Å². The molecule has 7 heteroatoms. The lowest BCUT2D eigenvalue weighted by atomic mass is 9.98. The molecular weight excluding hydrogens is 432 g/mol. The van der Waals surface area contributed by atoms with Gasteiger partial charge in [0, 0.05) is 11.3 Å². The van der Waals surface area contributed by atoms with Gasteiger partial charge in [0.1, 0.15) is 4.90 Å². The molecule has 0 aliphatic rings. The number of halogens is 1. The van der Waals surface area contributed by atoms with Gasteiger partial charge in [-0.25, -0.2) is 8.42 Å². The quantitative estimate of drug-likeness (QED) is 0.468. The van der Waals surface area contributed by atoms with Gasteiger partial charge in [0.2, 0.25) is 0 Å². The SMILES string of the molecule is Cc1ccccc1NS(=O)(=O)c1cc(C(=O)Nc2c(C)cccc2C(C)C)ccc1Cl. The molecule has 1 amide bonds. The summed E-state index contributed by atoms with van der Waals surface area (Å²) in [6.07, 6.45) is 0. The number of hydrogen-bond acceptors (Lipinski definition) is 3. The highest BCUT2D eigenvalue weighted by Crippen LogP contribution is 2.29. The number of rotatable bonds is 6. The van der Waals surface area contributed by atoms with Crippen LogP contribution in [0.1, 0.15) is 46.8 Å². The molecule has 0 unspecified atom stereocenters. The van der Waals surface area contributed by atoms with Crippen LogP contribution in [0.3, 0.4) is 0 Å². The molecule has 31 heavy (non-hydrogen) atoms. The minimum Gasteiger partial charge on any atom is -0.321 e. The number of anilines is 2. The molecule has 0 aromatic heterocycles. The standard InChI is InChI=1S/C24H25ClN2O3S/c1-15(2)19-10-7-9-17(4)23(19)26-24(28)18-12-13-20(25)22(14-18)31(29,30)27-21-11-6-5-8-16(21)3/h5-15,27H,1-4H3,(H,26,28). The van der Waals surface area contributed by atoms with E-state index in [9.17, 15) is 13.2 Å².